The molecule has 8 heteroatoms. The van der Waals surface area contributed by atoms with Crippen LogP contribution in [0.3, 0.4) is 0 Å². The van der Waals surface area contributed by atoms with Crippen LogP contribution in [0.1, 0.15) is 23.2 Å². The van der Waals surface area contributed by atoms with E-state index < -0.39 is 12.0 Å². The summed E-state index contributed by atoms with van der Waals surface area (Å²) < 4.78 is 21.9. The number of amides is 1. The molecule has 1 aliphatic rings. The number of carbonyl (C=O) groups excluding carboxylic acids is 1. The molecular weight excluding hydrogens is 414 g/mol. The maximum absolute atomic E-state index is 13.6. The Kier molecular flexibility index (Phi) is 5.69. The summed E-state index contributed by atoms with van der Waals surface area (Å²) in [5.41, 5.74) is 0.397. The predicted octanol–water partition coefficient (Wildman–Crippen LogP) is 3.72. The molecule has 3 aromatic carbocycles. The molecule has 32 heavy (non-hydrogen) atoms. The summed E-state index contributed by atoms with van der Waals surface area (Å²) in [6.45, 7) is 0.397. The third kappa shape index (κ3) is 3.41. The Labute approximate surface area is 185 Å². The van der Waals surface area contributed by atoms with Crippen molar-refractivity contribution in [2.45, 2.75) is 18.9 Å². The number of carboxylic acid groups (broad SMARTS) is 1. The summed E-state index contributed by atoms with van der Waals surface area (Å²) in [5.74, 6) is 0.759. The van der Waals surface area contributed by atoms with Crippen LogP contribution in [0, 0.1) is 0 Å². The van der Waals surface area contributed by atoms with E-state index >= 15 is 0 Å². The van der Waals surface area contributed by atoms with Crippen LogP contribution in [-0.2, 0) is 4.79 Å². The fourth-order valence-corrected chi connectivity index (χ4v) is 4.40. The highest BCUT2D eigenvalue weighted by atomic mass is 16.5. The minimum atomic E-state index is -0.994. The minimum absolute atomic E-state index is 0.330. The summed E-state index contributed by atoms with van der Waals surface area (Å²) in [4.78, 5) is 26.7. The lowest BCUT2D eigenvalue weighted by molar-refractivity contribution is -0.141. The lowest BCUT2D eigenvalue weighted by Gasteiger charge is -2.23. The minimum Gasteiger partial charge on any atom is -0.493 e. The van der Waals surface area contributed by atoms with Crippen LogP contribution in [0.15, 0.2) is 30.3 Å². The van der Waals surface area contributed by atoms with Crippen LogP contribution >= 0.6 is 0 Å². The molecule has 0 aliphatic carbocycles. The first-order chi connectivity index (χ1) is 15.4. The van der Waals surface area contributed by atoms with Crippen molar-refractivity contribution in [2.24, 2.45) is 0 Å². The summed E-state index contributed by atoms with van der Waals surface area (Å²) in [7, 11) is 6.19. The van der Waals surface area contributed by atoms with Crippen molar-refractivity contribution in [3.8, 4) is 23.0 Å². The number of nitrogens with zero attached hydrogens (tertiary/aromatic N) is 1. The number of benzene rings is 3. The first kappa shape index (κ1) is 21.5. The van der Waals surface area contributed by atoms with Crippen molar-refractivity contribution in [1.29, 1.82) is 0 Å². The van der Waals surface area contributed by atoms with Gasteiger partial charge in [-0.3, -0.25) is 4.79 Å². The van der Waals surface area contributed by atoms with Crippen LogP contribution in [-0.4, -0.2) is 62.9 Å². The molecule has 1 fully saturated rings. The Morgan fingerprint density at radius 2 is 1.34 bits per heavy atom. The Bertz CT molecular complexity index is 1220. The number of rotatable bonds is 6. The van der Waals surface area contributed by atoms with Gasteiger partial charge in [0.05, 0.1) is 28.4 Å². The van der Waals surface area contributed by atoms with Crippen molar-refractivity contribution >= 4 is 33.4 Å². The number of ether oxygens (including phenoxy) is 4. The highest BCUT2D eigenvalue weighted by Crippen LogP contribution is 2.41. The molecule has 1 aliphatic heterocycles. The maximum Gasteiger partial charge on any atom is 0.326 e. The van der Waals surface area contributed by atoms with Gasteiger partial charge in [0.2, 0.25) is 0 Å². The number of carboxylic acids is 1. The molecule has 1 amide bonds. The number of fused-ring (bicyclic) bond motifs is 3. The van der Waals surface area contributed by atoms with Crippen LogP contribution in [0.5, 0.6) is 23.0 Å². The molecule has 3 aromatic rings. The molecule has 168 valence electrons. The van der Waals surface area contributed by atoms with E-state index in [4.69, 9.17) is 18.9 Å². The standard InChI is InChI=1S/C24H25NO7/c1-29-19-9-13-8-17(23(26)25-7-5-6-18(25)24(27)28)16-12-22(32-4)21(31-3)11-15(16)14(13)10-20(19)30-2/h8-12,18H,5-7H2,1-4H3,(H,27,28)/t18-/m0/s1. The van der Waals surface area contributed by atoms with Gasteiger partial charge < -0.3 is 29.0 Å². The second kappa shape index (κ2) is 8.45. The normalized spacial score (nSPS) is 15.8. The molecular formula is C24H25NO7. The average Bonchev–Trinajstić information content (AvgIpc) is 3.31. The summed E-state index contributed by atoms with van der Waals surface area (Å²) in [5, 5.41) is 12.6. The van der Waals surface area contributed by atoms with Crippen molar-refractivity contribution in [3.63, 3.8) is 0 Å². The van der Waals surface area contributed by atoms with Crippen LogP contribution < -0.4 is 18.9 Å². The van der Waals surface area contributed by atoms with E-state index in [0.29, 0.717) is 53.3 Å². The van der Waals surface area contributed by atoms with Gasteiger partial charge in [-0.15, -0.1) is 0 Å². The van der Waals surface area contributed by atoms with Crippen LogP contribution in [0.4, 0.5) is 0 Å². The molecule has 1 saturated heterocycles. The monoisotopic (exact) mass is 439 g/mol. The molecule has 0 saturated carbocycles. The van der Waals surface area contributed by atoms with E-state index in [2.05, 4.69) is 0 Å². The fourth-order valence-electron chi connectivity index (χ4n) is 4.40. The van der Waals surface area contributed by atoms with E-state index in [0.717, 1.165) is 16.2 Å². The van der Waals surface area contributed by atoms with Gasteiger partial charge in [-0.25, -0.2) is 4.79 Å². The number of carbonyl (C=O) groups is 2. The maximum atomic E-state index is 13.6. The molecule has 0 radical (unpaired) electrons. The Morgan fingerprint density at radius 3 is 1.91 bits per heavy atom. The van der Waals surface area contributed by atoms with Crippen LogP contribution in [0.25, 0.3) is 21.5 Å². The van der Waals surface area contributed by atoms with Crippen molar-refractivity contribution < 1.29 is 33.6 Å². The van der Waals surface area contributed by atoms with Gasteiger partial charge in [-0.1, -0.05) is 0 Å². The van der Waals surface area contributed by atoms with Crippen LogP contribution in [0.2, 0.25) is 0 Å². The second-order valence-electron chi connectivity index (χ2n) is 7.60. The first-order valence-electron chi connectivity index (χ1n) is 10.2. The van der Waals surface area contributed by atoms with Gasteiger partial charge >= 0.3 is 5.97 Å². The van der Waals surface area contributed by atoms with Gasteiger partial charge in [0.25, 0.3) is 5.91 Å². The van der Waals surface area contributed by atoms with Crippen molar-refractivity contribution in [2.75, 3.05) is 35.0 Å². The third-order valence-electron chi connectivity index (χ3n) is 5.99. The Balaban J connectivity index is 2.04. The number of aliphatic carboxylic acids is 1. The summed E-state index contributed by atoms with van der Waals surface area (Å²) >= 11 is 0. The van der Waals surface area contributed by atoms with Gasteiger partial charge in [-0.2, -0.15) is 0 Å². The Morgan fingerprint density at radius 1 is 0.812 bits per heavy atom. The molecule has 1 heterocycles. The number of hydrogen-bond donors (Lipinski definition) is 1. The van der Waals surface area contributed by atoms with Crippen molar-refractivity contribution in [3.05, 3.63) is 35.9 Å². The zero-order valence-electron chi connectivity index (χ0n) is 18.4. The van der Waals surface area contributed by atoms with Gasteiger partial charge in [0, 0.05) is 12.1 Å². The molecule has 0 aromatic heterocycles. The number of hydrogen-bond acceptors (Lipinski definition) is 6. The molecule has 0 unspecified atom stereocenters. The number of methoxy groups -OCH3 is 4. The van der Waals surface area contributed by atoms with E-state index in [1.165, 1.54) is 12.0 Å². The predicted molar refractivity (Wildman–Crippen MR) is 119 cm³/mol. The zero-order chi connectivity index (χ0) is 23.0. The first-order valence-corrected chi connectivity index (χ1v) is 10.2. The summed E-state index contributed by atoms with van der Waals surface area (Å²) in [6.07, 6.45) is 1.09. The topological polar surface area (TPSA) is 94.5 Å². The van der Waals surface area contributed by atoms with E-state index in [9.17, 15) is 14.7 Å². The Hall–Kier alpha value is -3.68. The van der Waals surface area contributed by atoms with Gasteiger partial charge in [-0.05, 0) is 64.7 Å². The summed E-state index contributed by atoms with van der Waals surface area (Å²) in [6, 6.07) is 8.16. The number of likely N-dealkylation sites (tertiary alicyclic amines) is 1. The lowest BCUT2D eigenvalue weighted by Crippen LogP contribution is -2.40. The SMILES string of the molecule is COc1cc2cc(C(=O)N3CCC[C@H]3C(=O)O)c3cc(OC)c(OC)cc3c2cc1OC. The van der Waals surface area contributed by atoms with Crippen molar-refractivity contribution in [1.82, 2.24) is 4.90 Å². The van der Waals surface area contributed by atoms with Gasteiger partial charge in [0.15, 0.2) is 23.0 Å². The smallest absolute Gasteiger partial charge is 0.326 e. The highest BCUT2D eigenvalue weighted by molar-refractivity contribution is 6.18. The second-order valence-corrected chi connectivity index (χ2v) is 7.60. The lowest BCUT2D eigenvalue weighted by atomic mass is 9.95. The van der Waals surface area contributed by atoms with E-state index in [1.807, 2.05) is 12.1 Å². The molecule has 0 bridgehead atoms. The zero-order valence-corrected chi connectivity index (χ0v) is 18.4. The molecule has 1 atom stereocenters. The molecule has 4 rings (SSSR count). The largest absolute Gasteiger partial charge is 0.493 e. The van der Waals surface area contributed by atoms with E-state index in [1.54, 1.807) is 39.5 Å². The average molecular weight is 439 g/mol. The molecule has 0 spiro atoms. The molecule has 8 nitrogen and oxygen atoms in total. The molecule has 1 N–H and O–H groups in total. The van der Waals surface area contributed by atoms with E-state index in [-0.39, 0.29) is 5.91 Å². The highest BCUT2D eigenvalue weighted by Gasteiger charge is 2.35. The fraction of sp³-hybridized carbons (Fsp3) is 0.333. The quantitative estimate of drug-likeness (QED) is 0.585. The van der Waals surface area contributed by atoms with Gasteiger partial charge in [0.1, 0.15) is 6.04 Å². The third-order valence-corrected chi connectivity index (χ3v) is 5.99.